The first-order valence-electron chi connectivity index (χ1n) is 11.1. The Morgan fingerprint density at radius 1 is 1.18 bits per heavy atom. The van der Waals surface area contributed by atoms with E-state index in [9.17, 15) is 4.79 Å². The Hall–Kier alpha value is -3.81. The minimum absolute atomic E-state index is 0.0255. The molecule has 1 fully saturated rings. The largest absolute Gasteiger partial charge is 0.497 e. The van der Waals surface area contributed by atoms with Gasteiger partial charge in [-0.05, 0) is 61.4 Å². The van der Waals surface area contributed by atoms with E-state index in [0.29, 0.717) is 25.4 Å². The topological polar surface area (TPSA) is 84.8 Å². The molecule has 170 valence electrons. The lowest BCUT2D eigenvalue weighted by Gasteiger charge is -2.14. The SMILES string of the molecule is COc1ccc(OCCc2cc([C@H]3CCN(C(=O)c4cn5ccc(C)cc5n4)C3)n[nH]2)cc1. The third-order valence-corrected chi connectivity index (χ3v) is 6.08. The van der Waals surface area contributed by atoms with Crippen LogP contribution in [-0.4, -0.2) is 57.2 Å². The van der Waals surface area contributed by atoms with Crippen molar-refractivity contribution >= 4 is 11.6 Å². The molecule has 33 heavy (non-hydrogen) atoms. The predicted octanol–water partition coefficient (Wildman–Crippen LogP) is 3.63. The van der Waals surface area contributed by atoms with E-state index >= 15 is 0 Å². The maximum atomic E-state index is 13.0. The molecule has 1 N–H and O–H groups in total. The second kappa shape index (κ2) is 8.97. The lowest BCUT2D eigenvalue weighted by Crippen LogP contribution is -2.28. The molecule has 8 nitrogen and oxygen atoms in total. The van der Waals surface area contributed by atoms with Crippen molar-refractivity contribution in [3.63, 3.8) is 0 Å². The summed E-state index contributed by atoms with van der Waals surface area (Å²) in [5, 5.41) is 7.62. The Balaban J connectivity index is 1.16. The smallest absolute Gasteiger partial charge is 0.274 e. The number of carbonyl (C=O) groups excluding carboxylic acids is 1. The summed E-state index contributed by atoms with van der Waals surface area (Å²) in [7, 11) is 1.64. The van der Waals surface area contributed by atoms with E-state index in [0.717, 1.165) is 46.9 Å². The average molecular weight is 446 g/mol. The lowest BCUT2D eigenvalue weighted by atomic mass is 10.0. The third kappa shape index (κ3) is 4.55. The van der Waals surface area contributed by atoms with Gasteiger partial charge >= 0.3 is 0 Å². The van der Waals surface area contributed by atoms with Crippen LogP contribution in [0.4, 0.5) is 0 Å². The van der Waals surface area contributed by atoms with Gasteiger partial charge in [0.25, 0.3) is 5.91 Å². The van der Waals surface area contributed by atoms with Gasteiger partial charge in [0.1, 0.15) is 22.8 Å². The van der Waals surface area contributed by atoms with Gasteiger partial charge in [0.05, 0.1) is 19.4 Å². The van der Waals surface area contributed by atoms with Gasteiger partial charge in [0.15, 0.2) is 0 Å². The maximum Gasteiger partial charge on any atom is 0.274 e. The summed E-state index contributed by atoms with van der Waals surface area (Å²) in [5.41, 5.74) is 4.43. The van der Waals surface area contributed by atoms with Crippen LogP contribution in [0.15, 0.2) is 54.9 Å². The molecule has 1 amide bonds. The molecular weight excluding hydrogens is 418 g/mol. The third-order valence-electron chi connectivity index (χ3n) is 6.08. The van der Waals surface area contributed by atoms with E-state index in [-0.39, 0.29) is 11.8 Å². The molecule has 1 saturated heterocycles. The first-order valence-corrected chi connectivity index (χ1v) is 11.1. The number of ether oxygens (including phenoxy) is 2. The molecule has 4 heterocycles. The summed E-state index contributed by atoms with van der Waals surface area (Å²) >= 11 is 0. The van der Waals surface area contributed by atoms with Crippen molar-refractivity contribution in [3.8, 4) is 11.5 Å². The summed E-state index contributed by atoms with van der Waals surface area (Å²) in [4.78, 5) is 19.4. The van der Waals surface area contributed by atoms with Crippen molar-refractivity contribution in [2.24, 2.45) is 0 Å². The molecule has 4 aromatic rings. The Bertz CT molecular complexity index is 1260. The standard InChI is InChI=1S/C25H27N5O3/c1-17-7-10-29-16-23(26-24(29)13-17)25(31)30-11-8-18(15-30)22-14-19(27-28-22)9-12-33-21-5-3-20(32-2)4-6-21/h3-7,10,13-14,16,18H,8-9,11-12,15H2,1-2H3,(H,27,28)/t18-/m0/s1. The fourth-order valence-corrected chi connectivity index (χ4v) is 4.20. The number of likely N-dealkylation sites (tertiary alicyclic amines) is 1. The number of rotatable bonds is 7. The number of hydrogen-bond acceptors (Lipinski definition) is 5. The summed E-state index contributed by atoms with van der Waals surface area (Å²) in [5.74, 6) is 1.81. The van der Waals surface area contributed by atoms with Crippen LogP contribution in [0.25, 0.3) is 5.65 Å². The van der Waals surface area contributed by atoms with Crippen LogP contribution in [0, 0.1) is 6.92 Å². The zero-order valence-corrected chi connectivity index (χ0v) is 18.8. The molecule has 0 radical (unpaired) electrons. The first kappa shape index (κ1) is 21.1. The van der Waals surface area contributed by atoms with Crippen LogP contribution < -0.4 is 9.47 Å². The van der Waals surface area contributed by atoms with E-state index in [4.69, 9.17) is 9.47 Å². The van der Waals surface area contributed by atoms with Crippen LogP contribution in [0.5, 0.6) is 11.5 Å². The number of imidazole rings is 1. The number of nitrogens with one attached hydrogen (secondary N) is 1. The summed E-state index contributed by atoms with van der Waals surface area (Å²) in [6.07, 6.45) is 5.37. The molecule has 0 bridgehead atoms. The monoisotopic (exact) mass is 445 g/mol. The van der Waals surface area contributed by atoms with Crippen LogP contribution in [0.1, 0.15) is 39.8 Å². The number of carbonyl (C=O) groups is 1. The van der Waals surface area contributed by atoms with Gasteiger partial charge < -0.3 is 18.8 Å². The molecule has 1 aliphatic heterocycles. The summed E-state index contributed by atoms with van der Waals surface area (Å²) in [6.45, 7) is 3.93. The molecule has 0 unspecified atom stereocenters. The van der Waals surface area contributed by atoms with Crippen molar-refractivity contribution < 1.29 is 14.3 Å². The minimum atomic E-state index is -0.0255. The summed E-state index contributed by atoms with van der Waals surface area (Å²) < 4.78 is 12.9. The Morgan fingerprint density at radius 2 is 2.00 bits per heavy atom. The van der Waals surface area contributed by atoms with E-state index in [2.05, 4.69) is 21.2 Å². The van der Waals surface area contributed by atoms with Crippen molar-refractivity contribution in [2.45, 2.75) is 25.7 Å². The Kier molecular flexibility index (Phi) is 5.73. The second-order valence-electron chi connectivity index (χ2n) is 8.42. The molecule has 1 aliphatic rings. The van der Waals surface area contributed by atoms with E-state index in [1.165, 1.54) is 0 Å². The highest BCUT2D eigenvalue weighted by molar-refractivity contribution is 5.93. The quantitative estimate of drug-likeness (QED) is 0.470. The predicted molar refractivity (Wildman–Crippen MR) is 124 cm³/mol. The number of benzene rings is 1. The first-order chi connectivity index (χ1) is 16.1. The van der Waals surface area contributed by atoms with Gasteiger partial charge in [-0.1, -0.05) is 0 Å². The maximum absolute atomic E-state index is 13.0. The zero-order chi connectivity index (χ0) is 22.8. The fraction of sp³-hybridized carbons (Fsp3) is 0.320. The normalized spacial score (nSPS) is 15.8. The van der Waals surface area contributed by atoms with Gasteiger partial charge in [-0.3, -0.25) is 9.89 Å². The number of amides is 1. The van der Waals surface area contributed by atoms with E-state index in [1.54, 1.807) is 13.3 Å². The number of methoxy groups -OCH3 is 1. The van der Waals surface area contributed by atoms with E-state index < -0.39 is 0 Å². The van der Waals surface area contributed by atoms with Crippen molar-refractivity contribution in [3.05, 3.63) is 77.5 Å². The van der Waals surface area contributed by atoms with Gasteiger partial charge in [-0.15, -0.1) is 0 Å². The van der Waals surface area contributed by atoms with Gasteiger partial charge in [-0.25, -0.2) is 4.98 Å². The zero-order valence-electron chi connectivity index (χ0n) is 18.8. The molecule has 0 saturated carbocycles. The summed E-state index contributed by atoms with van der Waals surface area (Å²) in [6, 6.07) is 13.6. The number of H-pyrrole nitrogens is 1. The molecule has 3 aromatic heterocycles. The fourth-order valence-electron chi connectivity index (χ4n) is 4.20. The average Bonchev–Trinajstić information content (AvgIpc) is 3.58. The van der Waals surface area contributed by atoms with E-state index in [1.807, 2.05) is 58.8 Å². The van der Waals surface area contributed by atoms with Crippen molar-refractivity contribution in [1.29, 1.82) is 0 Å². The van der Waals surface area contributed by atoms with Crippen molar-refractivity contribution in [1.82, 2.24) is 24.5 Å². The van der Waals surface area contributed by atoms with Gasteiger partial charge in [-0.2, -0.15) is 5.10 Å². The van der Waals surface area contributed by atoms with Crippen LogP contribution in [0.3, 0.4) is 0 Å². The molecule has 8 heteroatoms. The number of hydrogen-bond donors (Lipinski definition) is 1. The molecule has 1 aromatic carbocycles. The van der Waals surface area contributed by atoms with Crippen LogP contribution >= 0.6 is 0 Å². The lowest BCUT2D eigenvalue weighted by molar-refractivity contribution is 0.0785. The number of aryl methyl sites for hydroxylation is 1. The van der Waals surface area contributed by atoms with Crippen molar-refractivity contribution in [2.75, 3.05) is 26.8 Å². The minimum Gasteiger partial charge on any atom is -0.497 e. The van der Waals surface area contributed by atoms with Gasteiger partial charge in [0.2, 0.25) is 0 Å². The molecule has 0 spiro atoms. The molecule has 1 atom stereocenters. The number of aromatic amines is 1. The van der Waals surface area contributed by atoms with Gasteiger partial charge in [0, 0.05) is 43.5 Å². The number of fused-ring (bicyclic) bond motifs is 1. The Morgan fingerprint density at radius 3 is 2.82 bits per heavy atom. The Labute approximate surface area is 192 Å². The molecular formula is C25H27N5O3. The number of aromatic nitrogens is 4. The second-order valence-corrected chi connectivity index (χ2v) is 8.42. The highest BCUT2D eigenvalue weighted by atomic mass is 16.5. The highest BCUT2D eigenvalue weighted by Gasteiger charge is 2.30. The van der Waals surface area contributed by atoms with Crippen LogP contribution in [0.2, 0.25) is 0 Å². The number of pyridine rings is 1. The van der Waals surface area contributed by atoms with Crippen LogP contribution in [-0.2, 0) is 6.42 Å². The molecule has 5 rings (SSSR count). The molecule has 0 aliphatic carbocycles. The highest BCUT2D eigenvalue weighted by Crippen LogP contribution is 2.27. The number of nitrogens with zero attached hydrogens (tertiary/aromatic N) is 4.